The van der Waals surface area contributed by atoms with Gasteiger partial charge in [0.15, 0.2) is 0 Å². The molecule has 3 aromatic rings. The topological polar surface area (TPSA) is 38.8 Å². The van der Waals surface area contributed by atoms with Gasteiger partial charge in [0, 0.05) is 18.5 Å². The van der Waals surface area contributed by atoms with E-state index in [1.165, 1.54) is 16.7 Å². The highest BCUT2D eigenvalue weighted by atomic mass is 16.6. The zero-order valence-electron chi connectivity index (χ0n) is 18.4. The number of fused-ring (bicyclic) bond motifs is 1. The number of rotatable bonds is 5. The van der Waals surface area contributed by atoms with E-state index in [1.807, 2.05) is 45.0 Å². The van der Waals surface area contributed by atoms with Crippen LogP contribution in [0.2, 0.25) is 0 Å². The average Bonchev–Trinajstić information content (AvgIpc) is 3.19. The van der Waals surface area contributed by atoms with Gasteiger partial charge in [-0.1, -0.05) is 60.7 Å². The zero-order valence-corrected chi connectivity index (χ0v) is 18.4. The molecule has 0 saturated heterocycles. The smallest absolute Gasteiger partial charge is 0.414 e. The molecule has 160 valence electrons. The summed E-state index contributed by atoms with van der Waals surface area (Å²) in [5, 5.41) is 0. The Morgan fingerprint density at radius 2 is 1.61 bits per heavy atom. The van der Waals surface area contributed by atoms with E-state index in [0.717, 1.165) is 29.8 Å². The lowest BCUT2D eigenvalue weighted by atomic mass is 10.0. The first-order valence-corrected chi connectivity index (χ1v) is 10.8. The summed E-state index contributed by atoms with van der Waals surface area (Å²) in [6, 6.07) is 24.9. The van der Waals surface area contributed by atoms with Gasteiger partial charge in [0.2, 0.25) is 0 Å². The van der Waals surface area contributed by atoms with Gasteiger partial charge >= 0.3 is 6.09 Å². The number of carbonyl (C=O) groups is 1. The van der Waals surface area contributed by atoms with E-state index in [4.69, 9.17) is 9.47 Å². The van der Waals surface area contributed by atoms with E-state index in [-0.39, 0.29) is 6.09 Å². The molecule has 0 aliphatic carbocycles. The largest absolute Gasteiger partial charge is 0.493 e. The van der Waals surface area contributed by atoms with Crippen molar-refractivity contribution < 1.29 is 14.3 Å². The van der Waals surface area contributed by atoms with Crippen LogP contribution in [0.4, 0.5) is 10.5 Å². The number of hydrogen-bond acceptors (Lipinski definition) is 3. The quantitative estimate of drug-likeness (QED) is 0.493. The molecule has 0 unspecified atom stereocenters. The van der Waals surface area contributed by atoms with Crippen molar-refractivity contribution in [3.63, 3.8) is 0 Å². The Balaban J connectivity index is 1.37. The normalized spacial score (nSPS) is 13.1. The molecule has 4 heteroatoms. The Labute approximate surface area is 184 Å². The fourth-order valence-corrected chi connectivity index (χ4v) is 3.82. The van der Waals surface area contributed by atoms with Crippen molar-refractivity contribution in [1.82, 2.24) is 0 Å². The maximum absolute atomic E-state index is 12.5. The Bertz CT molecular complexity index is 1040. The maximum atomic E-state index is 12.5. The number of ether oxygens (including phenoxy) is 2. The predicted octanol–water partition coefficient (Wildman–Crippen LogP) is 6.27. The summed E-state index contributed by atoms with van der Waals surface area (Å²) in [4.78, 5) is 14.2. The lowest BCUT2D eigenvalue weighted by Crippen LogP contribution is -2.35. The van der Waals surface area contributed by atoms with E-state index in [1.54, 1.807) is 4.90 Å². The predicted molar refractivity (Wildman–Crippen MR) is 125 cm³/mol. The van der Waals surface area contributed by atoms with Gasteiger partial charge in [0.25, 0.3) is 0 Å². The summed E-state index contributed by atoms with van der Waals surface area (Å²) in [6.45, 7) is 6.86. The molecule has 4 nitrogen and oxygen atoms in total. The molecule has 0 saturated carbocycles. The van der Waals surface area contributed by atoms with Crippen molar-refractivity contribution in [3.8, 4) is 16.9 Å². The monoisotopic (exact) mass is 415 g/mol. The molecule has 0 N–H and O–H groups in total. The van der Waals surface area contributed by atoms with Gasteiger partial charge in [-0.15, -0.1) is 0 Å². The summed E-state index contributed by atoms with van der Waals surface area (Å²) in [7, 11) is 0. The Hall–Kier alpha value is -3.27. The highest BCUT2D eigenvalue weighted by molar-refractivity contribution is 5.91. The third-order valence-electron chi connectivity index (χ3n) is 5.31. The molecule has 0 atom stereocenters. The van der Waals surface area contributed by atoms with Crippen LogP contribution in [0, 0.1) is 0 Å². The van der Waals surface area contributed by atoms with Crippen LogP contribution < -0.4 is 9.64 Å². The first-order chi connectivity index (χ1) is 14.9. The number of benzene rings is 3. The van der Waals surface area contributed by atoms with Gasteiger partial charge in [-0.2, -0.15) is 0 Å². The van der Waals surface area contributed by atoms with Crippen LogP contribution in [0.3, 0.4) is 0 Å². The van der Waals surface area contributed by atoms with Crippen LogP contribution in [0.25, 0.3) is 11.1 Å². The van der Waals surface area contributed by atoms with Gasteiger partial charge in [0.05, 0.1) is 12.3 Å². The van der Waals surface area contributed by atoms with E-state index in [2.05, 4.69) is 48.5 Å². The van der Waals surface area contributed by atoms with Crippen molar-refractivity contribution in [1.29, 1.82) is 0 Å². The molecule has 1 aliphatic heterocycles. The van der Waals surface area contributed by atoms with Crippen LogP contribution in [0.15, 0.2) is 72.8 Å². The average molecular weight is 416 g/mol. The standard InChI is InChI=1S/C27H29NO3/c1-27(2,3)31-26(29)28-18-16-23-24(28)10-7-11-25(23)30-19-17-20-12-14-22(15-13-20)21-8-5-4-6-9-21/h4-15H,16-19H2,1-3H3. The minimum Gasteiger partial charge on any atom is -0.493 e. The Kier molecular flexibility index (Phi) is 5.99. The van der Waals surface area contributed by atoms with Gasteiger partial charge in [0.1, 0.15) is 11.4 Å². The van der Waals surface area contributed by atoms with Gasteiger partial charge in [-0.05, 0) is 56.0 Å². The van der Waals surface area contributed by atoms with Crippen molar-refractivity contribution in [2.75, 3.05) is 18.1 Å². The molecule has 0 spiro atoms. The molecule has 1 aliphatic rings. The van der Waals surface area contributed by atoms with Crippen LogP contribution >= 0.6 is 0 Å². The SMILES string of the molecule is CC(C)(C)OC(=O)N1CCc2c(OCCc3ccc(-c4ccccc4)cc3)cccc21. The maximum Gasteiger partial charge on any atom is 0.414 e. The second-order valence-electron chi connectivity index (χ2n) is 8.80. The van der Waals surface area contributed by atoms with Crippen molar-refractivity contribution in [2.45, 2.75) is 39.2 Å². The number of carbonyl (C=O) groups excluding carboxylic acids is 1. The minimum absolute atomic E-state index is 0.304. The molecule has 3 aromatic carbocycles. The fourth-order valence-electron chi connectivity index (χ4n) is 3.82. The lowest BCUT2D eigenvalue weighted by Gasteiger charge is -2.24. The van der Waals surface area contributed by atoms with E-state index in [9.17, 15) is 4.79 Å². The summed E-state index contributed by atoms with van der Waals surface area (Å²) in [5.41, 5.74) is 5.13. The number of nitrogens with zero attached hydrogens (tertiary/aromatic N) is 1. The summed E-state index contributed by atoms with van der Waals surface area (Å²) in [5.74, 6) is 0.851. The van der Waals surface area contributed by atoms with E-state index >= 15 is 0 Å². The molecular weight excluding hydrogens is 386 g/mol. The third-order valence-corrected chi connectivity index (χ3v) is 5.31. The highest BCUT2D eigenvalue weighted by Crippen LogP contribution is 2.36. The summed E-state index contributed by atoms with van der Waals surface area (Å²) in [6.07, 6.45) is 1.30. The van der Waals surface area contributed by atoms with Crippen LogP contribution in [0.5, 0.6) is 5.75 Å². The lowest BCUT2D eigenvalue weighted by molar-refractivity contribution is 0.0584. The molecule has 0 bridgehead atoms. The number of amides is 1. The van der Waals surface area contributed by atoms with E-state index in [0.29, 0.717) is 13.2 Å². The van der Waals surface area contributed by atoms with Gasteiger partial charge < -0.3 is 9.47 Å². The highest BCUT2D eigenvalue weighted by Gasteiger charge is 2.30. The molecule has 1 amide bonds. The van der Waals surface area contributed by atoms with Crippen molar-refractivity contribution in [2.24, 2.45) is 0 Å². The van der Waals surface area contributed by atoms with Crippen LogP contribution in [0.1, 0.15) is 31.9 Å². The summed E-state index contributed by atoms with van der Waals surface area (Å²) < 4.78 is 11.7. The third kappa shape index (κ3) is 5.08. The van der Waals surface area contributed by atoms with Crippen molar-refractivity contribution in [3.05, 3.63) is 83.9 Å². The zero-order chi connectivity index (χ0) is 21.8. The molecule has 0 aromatic heterocycles. The van der Waals surface area contributed by atoms with Gasteiger partial charge in [-0.3, -0.25) is 4.90 Å². The fraction of sp³-hybridized carbons (Fsp3) is 0.296. The molecular formula is C27H29NO3. The second-order valence-corrected chi connectivity index (χ2v) is 8.80. The minimum atomic E-state index is -0.510. The second kappa shape index (κ2) is 8.84. The molecule has 1 heterocycles. The van der Waals surface area contributed by atoms with Gasteiger partial charge in [-0.25, -0.2) is 4.79 Å². The van der Waals surface area contributed by atoms with E-state index < -0.39 is 5.60 Å². The first-order valence-electron chi connectivity index (χ1n) is 10.8. The number of hydrogen-bond donors (Lipinski definition) is 0. The molecule has 0 fully saturated rings. The molecule has 0 radical (unpaired) electrons. The summed E-state index contributed by atoms with van der Waals surface area (Å²) >= 11 is 0. The van der Waals surface area contributed by atoms with Crippen LogP contribution in [-0.4, -0.2) is 24.8 Å². The molecule has 4 rings (SSSR count). The number of anilines is 1. The Morgan fingerprint density at radius 1 is 0.903 bits per heavy atom. The van der Waals surface area contributed by atoms with Crippen molar-refractivity contribution >= 4 is 11.8 Å². The first kappa shape index (κ1) is 21.0. The Morgan fingerprint density at radius 3 is 2.32 bits per heavy atom. The molecule has 31 heavy (non-hydrogen) atoms. The van der Waals surface area contributed by atoms with Crippen LogP contribution in [-0.2, 0) is 17.6 Å².